The Balaban J connectivity index is 1.80. The number of pyridine rings is 1. The lowest BCUT2D eigenvalue weighted by atomic mass is 9.70. The maximum absolute atomic E-state index is 12.9. The molecular formula is C17H24N2O2. The SMILES string of the molecule is CC1COCCC1C(=O)N1CC(C)(C)C1c1ccncc1. The lowest BCUT2D eigenvalue weighted by Crippen LogP contribution is -2.60. The molecule has 3 heterocycles. The van der Waals surface area contributed by atoms with Gasteiger partial charge in [-0.05, 0) is 30.0 Å². The number of amides is 1. The van der Waals surface area contributed by atoms with Crippen LogP contribution in [0.5, 0.6) is 0 Å². The fourth-order valence-corrected chi connectivity index (χ4v) is 3.77. The van der Waals surface area contributed by atoms with Crippen molar-refractivity contribution >= 4 is 5.91 Å². The van der Waals surface area contributed by atoms with E-state index in [0.29, 0.717) is 25.0 Å². The molecule has 4 heteroatoms. The van der Waals surface area contributed by atoms with Crippen molar-refractivity contribution in [3.05, 3.63) is 30.1 Å². The van der Waals surface area contributed by atoms with Gasteiger partial charge in [0, 0.05) is 43.5 Å². The molecule has 3 atom stereocenters. The van der Waals surface area contributed by atoms with Gasteiger partial charge in [-0.25, -0.2) is 0 Å². The molecule has 4 nitrogen and oxygen atoms in total. The van der Waals surface area contributed by atoms with E-state index in [9.17, 15) is 4.79 Å². The summed E-state index contributed by atoms with van der Waals surface area (Å²) in [6, 6.07) is 4.22. The van der Waals surface area contributed by atoms with Gasteiger partial charge >= 0.3 is 0 Å². The van der Waals surface area contributed by atoms with Gasteiger partial charge < -0.3 is 9.64 Å². The Morgan fingerprint density at radius 2 is 2.10 bits per heavy atom. The number of hydrogen-bond acceptors (Lipinski definition) is 3. The Kier molecular flexibility index (Phi) is 3.74. The lowest BCUT2D eigenvalue weighted by molar-refractivity contribution is -0.162. The van der Waals surface area contributed by atoms with Crippen molar-refractivity contribution in [1.82, 2.24) is 9.88 Å². The zero-order valence-electron chi connectivity index (χ0n) is 13.1. The molecular weight excluding hydrogens is 264 g/mol. The summed E-state index contributed by atoms with van der Waals surface area (Å²) in [5.41, 5.74) is 1.32. The molecule has 0 aromatic carbocycles. The summed E-state index contributed by atoms with van der Waals surface area (Å²) in [6.07, 6.45) is 4.47. The number of aromatic nitrogens is 1. The number of ether oxygens (including phenoxy) is 1. The van der Waals surface area contributed by atoms with Gasteiger partial charge in [0.15, 0.2) is 0 Å². The standard InChI is InChI=1S/C17H24N2O2/c1-12-10-21-9-6-14(12)16(20)19-11-17(2,3)15(19)13-4-7-18-8-5-13/h4-5,7-8,12,14-15H,6,9-11H2,1-3H3. The number of nitrogens with zero attached hydrogens (tertiary/aromatic N) is 2. The van der Waals surface area contributed by atoms with E-state index in [2.05, 4.69) is 30.7 Å². The first-order valence-corrected chi connectivity index (χ1v) is 7.79. The van der Waals surface area contributed by atoms with Crippen LogP contribution in [-0.4, -0.2) is 35.5 Å². The second-order valence-electron chi connectivity index (χ2n) is 7.09. The Morgan fingerprint density at radius 1 is 1.38 bits per heavy atom. The molecule has 2 saturated heterocycles. The summed E-state index contributed by atoms with van der Waals surface area (Å²) in [6.45, 7) is 8.83. The van der Waals surface area contributed by atoms with Crippen LogP contribution >= 0.6 is 0 Å². The largest absolute Gasteiger partial charge is 0.381 e. The average Bonchev–Trinajstić information content (AvgIpc) is 2.46. The summed E-state index contributed by atoms with van der Waals surface area (Å²) in [7, 11) is 0. The van der Waals surface area contributed by atoms with Gasteiger partial charge in [-0.3, -0.25) is 9.78 Å². The number of carbonyl (C=O) groups excluding carboxylic acids is 1. The monoisotopic (exact) mass is 288 g/mol. The van der Waals surface area contributed by atoms with Crippen molar-refractivity contribution in [3.8, 4) is 0 Å². The smallest absolute Gasteiger partial charge is 0.226 e. The van der Waals surface area contributed by atoms with Crippen LogP contribution in [0.2, 0.25) is 0 Å². The number of rotatable bonds is 2. The molecule has 1 amide bonds. The number of likely N-dealkylation sites (tertiary alicyclic amines) is 1. The molecule has 0 bridgehead atoms. The van der Waals surface area contributed by atoms with Crippen molar-refractivity contribution in [2.45, 2.75) is 33.2 Å². The third-order valence-corrected chi connectivity index (χ3v) is 4.89. The minimum atomic E-state index is 0.110. The Morgan fingerprint density at radius 3 is 2.71 bits per heavy atom. The molecule has 0 aliphatic carbocycles. The fourth-order valence-electron chi connectivity index (χ4n) is 3.77. The minimum absolute atomic E-state index is 0.110. The highest BCUT2D eigenvalue weighted by Crippen LogP contribution is 2.49. The first-order chi connectivity index (χ1) is 10.0. The molecule has 3 unspecified atom stereocenters. The van der Waals surface area contributed by atoms with Crippen molar-refractivity contribution in [3.63, 3.8) is 0 Å². The molecule has 0 spiro atoms. The first-order valence-electron chi connectivity index (χ1n) is 7.79. The van der Waals surface area contributed by atoms with Crippen molar-refractivity contribution < 1.29 is 9.53 Å². The highest BCUT2D eigenvalue weighted by molar-refractivity contribution is 5.81. The van der Waals surface area contributed by atoms with Crippen LogP contribution in [0, 0.1) is 17.3 Å². The van der Waals surface area contributed by atoms with Crippen LogP contribution in [-0.2, 0) is 9.53 Å². The van der Waals surface area contributed by atoms with E-state index in [4.69, 9.17) is 4.74 Å². The highest BCUT2D eigenvalue weighted by Gasteiger charge is 2.50. The summed E-state index contributed by atoms with van der Waals surface area (Å²) >= 11 is 0. The van der Waals surface area contributed by atoms with E-state index in [1.807, 2.05) is 24.5 Å². The minimum Gasteiger partial charge on any atom is -0.381 e. The fraction of sp³-hybridized carbons (Fsp3) is 0.647. The average molecular weight is 288 g/mol. The van der Waals surface area contributed by atoms with E-state index >= 15 is 0 Å². The Hall–Kier alpha value is -1.42. The third kappa shape index (κ3) is 2.57. The molecule has 1 aromatic rings. The molecule has 0 N–H and O–H groups in total. The predicted molar refractivity (Wildman–Crippen MR) is 80.6 cm³/mol. The molecule has 3 rings (SSSR count). The van der Waals surface area contributed by atoms with Gasteiger partial charge in [-0.2, -0.15) is 0 Å². The van der Waals surface area contributed by atoms with Crippen LogP contribution in [0.4, 0.5) is 0 Å². The van der Waals surface area contributed by atoms with Crippen LogP contribution in [0.1, 0.15) is 38.8 Å². The van der Waals surface area contributed by atoms with Crippen LogP contribution < -0.4 is 0 Å². The van der Waals surface area contributed by atoms with Crippen LogP contribution in [0.25, 0.3) is 0 Å². The predicted octanol–water partition coefficient (Wildman–Crippen LogP) is 2.66. The molecule has 0 radical (unpaired) electrons. The van der Waals surface area contributed by atoms with Gasteiger partial charge in [-0.1, -0.05) is 20.8 Å². The second-order valence-corrected chi connectivity index (χ2v) is 7.09. The molecule has 0 saturated carbocycles. The zero-order chi connectivity index (χ0) is 15.0. The molecule has 2 aliphatic heterocycles. The second kappa shape index (κ2) is 5.41. The lowest BCUT2D eigenvalue weighted by Gasteiger charge is -2.56. The highest BCUT2D eigenvalue weighted by atomic mass is 16.5. The summed E-state index contributed by atoms with van der Waals surface area (Å²) in [5, 5.41) is 0. The van der Waals surface area contributed by atoms with E-state index in [0.717, 1.165) is 13.0 Å². The van der Waals surface area contributed by atoms with Gasteiger partial charge in [-0.15, -0.1) is 0 Å². The molecule has 2 aliphatic rings. The normalized spacial score (nSPS) is 31.6. The van der Waals surface area contributed by atoms with Gasteiger partial charge in [0.25, 0.3) is 0 Å². The summed E-state index contributed by atoms with van der Waals surface area (Å²) < 4.78 is 5.47. The first kappa shape index (κ1) is 14.5. The molecule has 2 fully saturated rings. The van der Waals surface area contributed by atoms with Crippen molar-refractivity contribution in [2.75, 3.05) is 19.8 Å². The quantitative estimate of drug-likeness (QED) is 0.840. The van der Waals surface area contributed by atoms with E-state index < -0.39 is 0 Å². The van der Waals surface area contributed by atoms with E-state index in [-0.39, 0.29) is 17.4 Å². The van der Waals surface area contributed by atoms with Crippen LogP contribution in [0.15, 0.2) is 24.5 Å². The van der Waals surface area contributed by atoms with Crippen molar-refractivity contribution in [1.29, 1.82) is 0 Å². The third-order valence-electron chi connectivity index (χ3n) is 4.89. The van der Waals surface area contributed by atoms with E-state index in [1.165, 1.54) is 5.56 Å². The Labute approximate surface area is 126 Å². The maximum atomic E-state index is 12.9. The topological polar surface area (TPSA) is 42.4 Å². The van der Waals surface area contributed by atoms with Gasteiger partial charge in [0.05, 0.1) is 6.04 Å². The van der Waals surface area contributed by atoms with Crippen molar-refractivity contribution in [2.24, 2.45) is 17.3 Å². The van der Waals surface area contributed by atoms with Gasteiger partial charge in [0.2, 0.25) is 5.91 Å². The number of hydrogen-bond donors (Lipinski definition) is 0. The Bertz CT molecular complexity index is 515. The summed E-state index contributed by atoms with van der Waals surface area (Å²) in [4.78, 5) is 19.1. The number of carbonyl (C=O) groups is 1. The maximum Gasteiger partial charge on any atom is 0.226 e. The zero-order valence-corrected chi connectivity index (χ0v) is 13.1. The molecule has 1 aromatic heterocycles. The molecule has 114 valence electrons. The summed E-state index contributed by atoms with van der Waals surface area (Å²) in [5.74, 6) is 0.721. The molecule has 21 heavy (non-hydrogen) atoms. The van der Waals surface area contributed by atoms with Crippen LogP contribution in [0.3, 0.4) is 0 Å². The van der Waals surface area contributed by atoms with Gasteiger partial charge in [0.1, 0.15) is 0 Å². The van der Waals surface area contributed by atoms with E-state index in [1.54, 1.807) is 0 Å².